The van der Waals surface area contributed by atoms with E-state index >= 15 is 0 Å². The number of nitrogens with two attached hydrogens (primary N) is 1. The highest BCUT2D eigenvalue weighted by Gasteiger charge is 2.25. The van der Waals surface area contributed by atoms with E-state index in [1.807, 2.05) is 0 Å². The van der Waals surface area contributed by atoms with E-state index < -0.39 is 23.9 Å². The lowest BCUT2D eigenvalue weighted by Crippen LogP contribution is -2.47. The molecule has 4 N–H and O–H groups in total. The number of amides is 3. The Balaban J connectivity index is 2.07. The molecule has 1 aliphatic heterocycles. The van der Waals surface area contributed by atoms with E-state index in [1.54, 1.807) is 12.1 Å². The predicted molar refractivity (Wildman–Crippen MR) is 69.8 cm³/mol. The molecule has 106 valence electrons. The van der Waals surface area contributed by atoms with E-state index in [9.17, 15) is 14.4 Å². The third kappa shape index (κ3) is 2.71. The van der Waals surface area contributed by atoms with Crippen molar-refractivity contribution in [1.82, 2.24) is 10.2 Å². The number of primary amides is 1. The fourth-order valence-electron chi connectivity index (χ4n) is 2.02. The van der Waals surface area contributed by atoms with Gasteiger partial charge in [-0.3, -0.25) is 4.79 Å². The second-order valence-electron chi connectivity index (χ2n) is 4.72. The molecule has 0 radical (unpaired) electrons. The number of carboxylic acid groups (broad SMARTS) is 1. The molecule has 7 heteroatoms. The SMILES string of the molecule is CC(NC(=O)N1Cc2ccc(C(=O)O)cc2C1)C(N)=O. The van der Waals surface area contributed by atoms with Gasteiger partial charge in [0.1, 0.15) is 6.04 Å². The molecule has 0 saturated heterocycles. The highest BCUT2D eigenvalue weighted by Crippen LogP contribution is 2.23. The molecular formula is C13H15N3O4. The first-order valence-corrected chi connectivity index (χ1v) is 6.08. The maximum absolute atomic E-state index is 11.9. The largest absolute Gasteiger partial charge is 0.478 e. The van der Waals surface area contributed by atoms with Crippen LogP contribution in [-0.2, 0) is 17.9 Å². The van der Waals surface area contributed by atoms with Crippen LogP contribution >= 0.6 is 0 Å². The van der Waals surface area contributed by atoms with Crippen LogP contribution in [0.1, 0.15) is 28.4 Å². The maximum atomic E-state index is 11.9. The first-order valence-electron chi connectivity index (χ1n) is 6.08. The zero-order valence-electron chi connectivity index (χ0n) is 10.9. The van der Waals surface area contributed by atoms with E-state index in [1.165, 1.54) is 17.9 Å². The number of fused-ring (bicyclic) bond motifs is 1. The van der Waals surface area contributed by atoms with Crippen molar-refractivity contribution in [2.24, 2.45) is 5.73 Å². The minimum Gasteiger partial charge on any atom is -0.478 e. The van der Waals surface area contributed by atoms with Crippen LogP contribution in [0.3, 0.4) is 0 Å². The van der Waals surface area contributed by atoms with Gasteiger partial charge in [-0.25, -0.2) is 9.59 Å². The van der Waals surface area contributed by atoms with Crippen LogP contribution in [0.2, 0.25) is 0 Å². The van der Waals surface area contributed by atoms with E-state index in [2.05, 4.69) is 5.32 Å². The summed E-state index contributed by atoms with van der Waals surface area (Å²) in [5.41, 5.74) is 6.97. The van der Waals surface area contributed by atoms with Gasteiger partial charge in [0.2, 0.25) is 5.91 Å². The number of rotatable bonds is 3. The Morgan fingerprint density at radius 2 is 1.95 bits per heavy atom. The number of hydrogen-bond donors (Lipinski definition) is 3. The monoisotopic (exact) mass is 277 g/mol. The Bertz CT molecular complexity index is 585. The molecular weight excluding hydrogens is 262 g/mol. The molecule has 3 amide bonds. The average Bonchev–Trinajstić information content (AvgIpc) is 2.80. The van der Waals surface area contributed by atoms with Gasteiger partial charge in [-0.1, -0.05) is 6.07 Å². The average molecular weight is 277 g/mol. The van der Waals surface area contributed by atoms with Gasteiger partial charge in [0.25, 0.3) is 0 Å². The lowest BCUT2D eigenvalue weighted by molar-refractivity contribution is -0.119. The minimum absolute atomic E-state index is 0.191. The minimum atomic E-state index is -1.00. The van der Waals surface area contributed by atoms with Crippen LogP contribution in [0.15, 0.2) is 18.2 Å². The van der Waals surface area contributed by atoms with Gasteiger partial charge < -0.3 is 21.1 Å². The molecule has 1 heterocycles. The molecule has 2 rings (SSSR count). The van der Waals surface area contributed by atoms with E-state index in [-0.39, 0.29) is 5.56 Å². The van der Waals surface area contributed by atoms with Crippen molar-refractivity contribution in [3.63, 3.8) is 0 Å². The van der Waals surface area contributed by atoms with Crippen molar-refractivity contribution >= 4 is 17.9 Å². The van der Waals surface area contributed by atoms with Crippen LogP contribution < -0.4 is 11.1 Å². The van der Waals surface area contributed by atoms with Crippen molar-refractivity contribution in [1.29, 1.82) is 0 Å². The van der Waals surface area contributed by atoms with Gasteiger partial charge in [0.15, 0.2) is 0 Å². The zero-order chi connectivity index (χ0) is 14.9. The second-order valence-corrected chi connectivity index (χ2v) is 4.72. The molecule has 0 bridgehead atoms. The summed E-state index contributed by atoms with van der Waals surface area (Å²) in [6.45, 7) is 2.20. The summed E-state index contributed by atoms with van der Waals surface area (Å²) < 4.78 is 0. The molecule has 1 aromatic carbocycles. The molecule has 7 nitrogen and oxygen atoms in total. The van der Waals surface area contributed by atoms with E-state index in [0.717, 1.165) is 11.1 Å². The lowest BCUT2D eigenvalue weighted by atomic mass is 10.1. The zero-order valence-corrected chi connectivity index (χ0v) is 10.9. The van der Waals surface area contributed by atoms with Gasteiger partial charge in [0.05, 0.1) is 5.56 Å². The summed E-state index contributed by atoms with van der Waals surface area (Å²) in [7, 11) is 0. The molecule has 0 aliphatic carbocycles. The summed E-state index contributed by atoms with van der Waals surface area (Å²) >= 11 is 0. The van der Waals surface area contributed by atoms with Crippen LogP contribution in [0.25, 0.3) is 0 Å². The second kappa shape index (κ2) is 5.20. The maximum Gasteiger partial charge on any atom is 0.335 e. The summed E-state index contributed by atoms with van der Waals surface area (Å²) in [5, 5.41) is 11.4. The predicted octanol–water partition coefficient (Wildman–Crippen LogP) is 0.284. The van der Waals surface area contributed by atoms with Crippen LogP contribution in [-0.4, -0.2) is 34.0 Å². The quantitative estimate of drug-likeness (QED) is 0.736. The number of carbonyl (C=O) groups is 3. The first kappa shape index (κ1) is 13.9. The number of nitrogens with one attached hydrogen (secondary N) is 1. The Morgan fingerprint density at radius 1 is 1.30 bits per heavy atom. The standard InChI is InChI=1S/C13H15N3O4/c1-7(11(14)17)15-13(20)16-5-9-3-2-8(12(18)19)4-10(9)6-16/h2-4,7H,5-6H2,1H3,(H2,14,17)(H,15,20)(H,18,19). The number of nitrogens with zero attached hydrogens (tertiary/aromatic N) is 1. The molecule has 20 heavy (non-hydrogen) atoms. The number of benzene rings is 1. The van der Waals surface area contributed by atoms with Crippen molar-refractivity contribution in [3.8, 4) is 0 Å². The lowest BCUT2D eigenvalue weighted by Gasteiger charge is -2.18. The Kier molecular flexibility index (Phi) is 3.60. The molecule has 0 fully saturated rings. The van der Waals surface area contributed by atoms with Gasteiger partial charge in [-0.05, 0) is 30.2 Å². The number of urea groups is 1. The number of carboxylic acids is 1. The van der Waals surface area contributed by atoms with E-state index in [4.69, 9.17) is 10.8 Å². The molecule has 1 unspecified atom stereocenters. The van der Waals surface area contributed by atoms with Gasteiger partial charge in [-0.15, -0.1) is 0 Å². The molecule has 0 aromatic heterocycles. The van der Waals surface area contributed by atoms with Crippen LogP contribution in [0.5, 0.6) is 0 Å². The fourth-order valence-corrected chi connectivity index (χ4v) is 2.02. The van der Waals surface area contributed by atoms with Crippen LogP contribution in [0.4, 0.5) is 4.79 Å². The summed E-state index contributed by atoms with van der Waals surface area (Å²) in [6, 6.07) is 3.62. The fraction of sp³-hybridized carbons (Fsp3) is 0.308. The van der Waals surface area contributed by atoms with Crippen molar-refractivity contribution < 1.29 is 19.5 Å². The van der Waals surface area contributed by atoms with Crippen molar-refractivity contribution in [3.05, 3.63) is 34.9 Å². The summed E-state index contributed by atoms with van der Waals surface area (Å²) in [5.74, 6) is -1.61. The van der Waals surface area contributed by atoms with Gasteiger partial charge in [0, 0.05) is 13.1 Å². The molecule has 1 aliphatic rings. The Morgan fingerprint density at radius 3 is 2.55 bits per heavy atom. The highest BCUT2D eigenvalue weighted by atomic mass is 16.4. The summed E-state index contributed by atoms with van der Waals surface area (Å²) in [6.07, 6.45) is 0. The molecule has 1 aromatic rings. The first-order chi connectivity index (χ1) is 9.38. The molecule has 1 atom stereocenters. The molecule has 0 saturated carbocycles. The topological polar surface area (TPSA) is 113 Å². The number of carbonyl (C=O) groups excluding carboxylic acids is 2. The van der Waals surface area contributed by atoms with E-state index in [0.29, 0.717) is 13.1 Å². The number of hydrogen-bond acceptors (Lipinski definition) is 3. The highest BCUT2D eigenvalue weighted by molar-refractivity contribution is 5.88. The van der Waals surface area contributed by atoms with Crippen molar-refractivity contribution in [2.45, 2.75) is 26.1 Å². The van der Waals surface area contributed by atoms with Crippen LogP contribution in [0, 0.1) is 0 Å². The third-order valence-corrected chi connectivity index (χ3v) is 3.23. The third-order valence-electron chi connectivity index (χ3n) is 3.23. The summed E-state index contributed by atoms with van der Waals surface area (Å²) in [4.78, 5) is 35.2. The van der Waals surface area contributed by atoms with Gasteiger partial charge >= 0.3 is 12.0 Å². The van der Waals surface area contributed by atoms with Crippen molar-refractivity contribution in [2.75, 3.05) is 0 Å². The molecule has 0 spiro atoms. The van der Waals surface area contributed by atoms with Gasteiger partial charge in [-0.2, -0.15) is 0 Å². The normalized spacial score (nSPS) is 14.6. The Labute approximate surface area is 115 Å². The smallest absolute Gasteiger partial charge is 0.335 e. The number of aromatic carboxylic acids is 1. The Hall–Kier alpha value is -2.57.